The Kier molecular flexibility index (Phi) is 5.91. The molecule has 1 aliphatic heterocycles. The molecule has 1 aliphatic rings. The Balaban J connectivity index is 2.54. The third kappa shape index (κ3) is 3.96. The molecule has 2 rings (SSSR count). The minimum Gasteiger partial charge on any atom is -0.465 e. The molecule has 1 aromatic heterocycles. The molecule has 1 saturated heterocycles. The molecule has 0 aliphatic carbocycles. The zero-order valence-electron chi connectivity index (χ0n) is 16.4. The lowest BCUT2D eigenvalue weighted by Gasteiger charge is -2.57. The van der Waals surface area contributed by atoms with E-state index in [0.717, 1.165) is 6.07 Å². The van der Waals surface area contributed by atoms with E-state index in [9.17, 15) is 14.3 Å². The number of hydrogen-bond acceptors (Lipinski definition) is 4. The second kappa shape index (κ2) is 7.51. The Hall–Kier alpha value is -2.07. The first kappa shape index (κ1) is 21.2. The van der Waals surface area contributed by atoms with E-state index in [0.29, 0.717) is 19.5 Å². The molecule has 1 amide bonds. The number of anilines is 1. The molecule has 6 nitrogen and oxygen atoms in total. The molecule has 1 fully saturated rings. The van der Waals surface area contributed by atoms with Gasteiger partial charge in [-0.25, -0.2) is 14.2 Å². The number of aromatic nitrogens is 1. The summed E-state index contributed by atoms with van der Waals surface area (Å²) in [7, 11) is 0. The molecular formula is C19H26ClFN4O2. The Morgan fingerprint density at radius 1 is 1.48 bits per heavy atom. The highest BCUT2D eigenvalue weighted by molar-refractivity contribution is 6.30. The quantitative estimate of drug-likeness (QED) is 0.767. The molecule has 27 heavy (non-hydrogen) atoms. The van der Waals surface area contributed by atoms with Crippen molar-refractivity contribution in [2.24, 2.45) is 11.3 Å². The monoisotopic (exact) mass is 396 g/mol. The number of carboxylic acid groups (broad SMARTS) is 1. The minimum atomic E-state index is -0.975. The van der Waals surface area contributed by atoms with Gasteiger partial charge in [0.2, 0.25) is 0 Å². The Labute approximate surface area is 164 Å². The van der Waals surface area contributed by atoms with Gasteiger partial charge in [-0.05, 0) is 23.8 Å². The van der Waals surface area contributed by atoms with Crippen LogP contribution in [0, 0.1) is 28.5 Å². The first-order chi connectivity index (χ1) is 12.4. The highest BCUT2D eigenvalue weighted by atomic mass is 35.5. The van der Waals surface area contributed by atoms with Gasteiger partial charge < -0.3 is 10.0 Å². The number of carbonyl (C=O) groups is 1. The summed E-state index contributed by atoms with van der Waals surface area (Å²) < 4.78 is 14.6. The standard InChI is InChI=1S/C19H26ClFN4O2/c1-12(2)9-19(18(3,4)5)11-24(6-7-25(19)17(26)27)16-14(21)8-13(10-22)15(20)23-16/h8,12H,6-7,9,11H2,1-5H3,(H,26,27)/t19-/m0/s1. The summed E-state index contributed by atoms with van der Waals surface area (Å²) >= 11 is 6.01. The predicted octanol–water partition coefficient (Wildman–Crippen LogP) is 4.38. The van der Waals surface area contributed by atoms with Crippen molar-refractivity contribution in [3.63, 3.8) is 0 Å². The van der Waals surface area contributed by atoms with Crippen LogP contribution in [0.1, 0.15) is 46.6 Å². The first-order valence-electron chi connectivity index (χ1n) is 8.94. The molecule has 2 heterocycles. The van der Waals surface area contributed by atoms with E-state index in [-0.39, 0.29) is 34.4 Å². The smallest absolute Gasteiger partial charge is 0.407 e. The molecule has 148 valence electrons. The van der Waals surface area contributed by atoms with Crippen molar-refractivity contribution in [3.05, 3.63) is 22.6 Å². The van der Waals surface area contributed by atoms with Gasteiger partial charge in [-0.2, -0.15) is 5.26 Å². The van der Waals surface area contributed by atoms with E-state index in [4.69, 9.17) is 16.9 Å². The van der Waals surface area contributed by atoms with Crippen LogP contribution in [0.4, 0.5) is 15.0 Å². The van der Waals surface area contributed by atoms with Gasteiger partial charge in [0.05, 0.1) is 11.1 Å². The van der Waals surface area contributed by atoms with Crippen LogP contribution in [0.3, 0.4) is 0 Å². The number of amides is 1. The minimum absolute atomic E-state index is 0.0219. The van der Waals surface area contributed by atoms with Gasteiger partial charge in [-0.1, -0.05) is 46.2 Å². The maximum Gasteiger partial charge on any atom is 0.407 e. The van der Waals surface area contributed by atoms with Crippen LogP contribution in [0.25, 0.3) is 0 Å². The van der Waals surface area contributed by atoms with Crippen LogP contribution in [-0.4, -0.2) is 46.3 Å². The fourth-order valence-corrected chi connectivity index (χ4v) is 4.11. The van der Waals surface area contributed by atoms with Crippen LogP contribution in [-0.2, 0) is 0 Å². The van der Waals surface area contributed by atoms with Crippen molar-refractivity contribution >= 4 is 23.5 Å². The number of nitriles is 1. The summed E-state index contributed by atoms with van der Waals surface area (Å²) in [6.45, 7) is 10.9. The molecule has 1 N–H and O–H groups in total. The van der Waals surface area contributed by atoms with Gasteiger partial charge in [0.15, 0.2) is 11.6 Å². The molecular weight excluding hydrogens is 371 g/mol. The van der Waals surface area contributed by atoms with Crippen LogP contribution < -0.4 is 4.90 Å². The van der Waals surface area contributed by atoms with Gasteiger partial charge >= 0.3 is 6.09 Å². The Morgan fingerprint density at radius 2 is 2.11 bits per heavy atom. The van der Waals surface area contributed by atoms with E-state index in [1.165, 1.54) is 4.90 Å². The lowest BCUT2D eigenvalue weighted by Crippen LogP contribution is -2.69. The summed E-state index contributed by atoms with van der Waals surface area (Å²) in [4.78, 5) is 19.3. The zero-order valence-corrected chi connectivity index (χ0v) is 17.1. The maximum absolute atomic E-state index is 14.6. The van der Waals surface area contributed by atoms with Gasteiger partial charge in [0.25, 0.3) is 0 Å². The normalized spacial score (nSPS) is 20.7. The average Bonchev–Trinajstić information content (AvgIpc) is 2.54. The third-order valence-electron chi connectivity index (χ3n) is 5.27. The summed E-state index contributed by atoms with van der Waals surface area (Å²) in [5.74, 6) is -0.332. The topological polar surface area (TPSA) is 80.5 Å². The molecule has 0 aromatic carbocycles. The van der Waals surface area contributed by atoms with Crippen LogP contribution in [0.2, 0.25) is 5.15 Å². The molecule has 1 atom stereocenters. The van der Waals surface area contributed by atoms with E-state index in [2.05, 4.69) is 4.98 Å². The van der Waals surface area contributed by atoms with E-state index in [1.54, 1.807) is 4.90 Å². The molecule has 0 radical (unpaired) electrons. The second-order valence-electron chi connectivity index (χ2n) is 8.48. The van der Waals surface area contributed by atoms with Gasteiger partial charge in [-0.3, -0.25) is 4.90 Å². The van der Waals surface area contributed by atoms with Crippen molar-refractivity contribution in [1.82, 2.24) is 9.88 Å². The van der Waals surface area contributed by atoms with Crippen molar-refractivity contribution in [1.29, 1.82) is 5.26 Å². The fraction of sp³-hybridized carbons (Fsp3) is 0.632. The summed E-state index contributed by atoms with van der Waals surface area (Å²) in [5.41, 5.74) is -1.13. The molecule has 0 spiro atoms. The number of nitrogens with zero attached hydrogens (tertiary/aromatic N) is 4. The maximum atomic E-state index is 14.6. The van der Waals surface area contributed by atoms with E-state index < -0.39 is 17.4 Å². The van der Waals surface area contributed by atoms with Gasteiger partial charge in [0, 0.05) is 19.6 Å². The lowest BCUT2D eigenvalue weighted by atomic mass is 9.67. The summed E-state index contributed by atoms with van der Waals surface area (Å²) in [6, 6.07) is 2.89. The van der Waals surface area contributed by atoms with Crippen molar-refractivity contribution in [3.8, 4) is 6.07 Å². The van der Waals surface area contributed by atoms with E-state index >= 15 is 0 Å². The molecule has 8 heteroatoms. The highest BCUT2D eigenvalue weighted by Crippen LogP contribution is 2.44. The van der Waals surface area contributed by atoms with E-state index in [1.807, 2.05) is 40.7 Å². The largest absolute Gasteiger partial charge is 0.465 e. The number of halogens is 2. The van der Waals surface area contributed by atoms with Crippen LogP contribution >= 0.6 is 11.6 Å². The summed E-state index contributed by atoms with van der Waals surface area (Å²) in [6.07, 6.45) is -0.346. The number of rotatable bonds is 3. The Bertz CT molecular complexity index is 772. The highest BCUT2D eigenvalue weighted by Gasteiger charge is 2.52. The second-order valence-corrected chi connectivity index (χ2v) is 8.84. The van der Waals surface area contributed by atoms with Crippen molar-refractivity contribution in [2.75, 3.05) is 24.5 Å². The van der Waals surface area contributed by atoms with Gasteiger partial charge in [-0.15, -0.1) is 0 Å². The van der Waals surface area contributed by atoms with Crippen molar-refractivity contribution in [2.45, 2.75) is 46.6 Å². The lowest BCUT2D eigenvalue weighted by molar-refractivity contribution is -0.0197. The molecule has 0 unspecified atom stereocenters. The number of hydrogen-bond donors (Lipinski definition) is 1. The summed E-state index contributed by atoms with van der Waals surface area (Å²) in [5, 5.41) is 18.8. The predicted molar refractivity (Wildman–Crippen MR) is 103 cm³/mol. The van der Waals surface area contributed by atoms with Crippen LogP contribution in [0.15, 0.2) is 6.07 Å². The fourth-order valence-electron chi connectivity index (χ4n) is 3.93. The van der Waals surface area contributed by atoms with Gasteiger partial charge in [0.1, 0.15) is 11.2 Å². The first-order valence-corrected chi connectivity index (χ1v) is 9.32. The number of piperazine rings is 1. The Morgan fingerprint density at radius 3 is 2.59 bits per heavy atom. The average molecular weight is 397 g/mol. The van der Waals surface area contributed by atoms with Crippen LogP contribution in [0.5, 0.6) is 0 Å². The third-order valence-corrected chi connectivity index (χ3v) is 5.55. The molecule has 0 saturated carbocycles. The zero-order chi connectivity index (χ0) is 20.6. The molecule has 1 aromatic rings. The SMILES string of the molecule is CC(C)C[C@@]1(C(C)(C)C)CN(c2nc(Cl)c(C#N)cc2F)CCN1C(=O)O. The van der Waals surface area contributed by atoms with Crippen molar-refractivity contribution < 1.29 is 14.3 Å². The number of pyridine rings is 1. The molecule has 0 bridgehead atoms.